The van der Waals surface area contributed by atoms with Gasteiger partial charge in [0.05, 0.1) is 28.0 Å². The molecule has 0 unspecified atom stereocenters. The number of halogens is 1. The van der Waals surface area contributed by atoms with E-state index in [1.165, 1.54) is 0 Å². The predicted octanol–water partition coefficient (Wildman–Crippen LogP) is 2.71. The van der Waals surface area contributed by atoms with Gasteiger partial charge in [0.25, 0.3) is 0 Å². The first-order chi connectivity index (χ1) is 7.74. The summed E-state index contributed by atoms with van der Waals surface area (Å²) in [5.74, 6) is 0. The minimum atomic E-state index is 0.113. The molecule has 0 saturated carbocycles. The van der Waals surface area contributed by atoms with Gasteiger partial charge in [0, 0.05) is 11.9 Å². The Morgan fingerprint density at radius 2 is 2.12 bits per heavy atom. The van der Waals surface area contributed by atoms with Crippen molar-refractivity contribution < 1.29 is 5.11 Å². The van der Waals surface area contributed by atoms with Crippen molar-refractivity contribution in [2.75, 3.05) is 18.5 Å². The van der Waals surface area contributed by atoms with Gasteiger partial charge >= 0.3 is 0 Å². The summed E-state index contributed by atoms with van der Waals surface area (Å²) in [7, 11) is 0. The van der Waals surface area contributed by atoms with Crippen LogP contribution in [-0.2, 0) is 0 Å². The summed E-state index contributed by atoms with van der Waals surface area (Å²) < 4.78 is 0.958. The Hall–Kier alpha value is -1.13. The number of nitrogens with zero attached hydrogens (tertiary/aromatic N) is 1. The Morgan fingerprint density at radius 3 is 2.88 bits per heavy atom. The average Bonchev–Trinajstić information content (AvgIpc) is 2.30. The first-order valence-corrected chi connectivity index (χ1v) is 5.93. The maximum atomic E-state index is 8.87. The summed E-state index contributed by atoms with van der Waals surface area (Å²) in [4.78, 5) is 4.49. The summed E-state index contributed by atoms with van der Waals surface area (Å²) in [6.07, 6.45) is 0. The molecule has 2 aromatic rings. The zero-order chi connectivity index (χ0) is 11.5. The summed E-state index contributed by atoms with van der Waals surface area (Å²) in [5, 5.41) is 13.1. The number of aliphatic hydroxyl groups excluding tert-OH is 1. The Bertz CT molecular complexity index is 514. The number of aliphatic hydroxyl groups is 1. The molecule has 0 aliphatic carbocycles. The standard InChI is InChI=1S/C12H13BrN2O/c1-8-11(13)12(14-6-7-16)9-4-2-3-5-10(9)15-8/h2-5,16H,6-7H2,1H3,(H,14,15). The van der Waals surface area contributed by atoms with Crippen molar-refractivity contribution in [2.24, 2.45) is 0 Å². The number of rotatable bonds is 3. The van der Waals surface area contributed by atoms with Crippen LogP contribution in [0.2, 0.25) is 0 Å². The number of hydrogen-bond acceptors (Lipinski definition) is 3. The molecule has 84 valence electrons. The molecule has 2 rings (SSSR count). The zero-order valence-electron chi connectivity index (χ0n) is 9.00. The van der Waals surface area contributed by atoms with E-state index in [9.17, 15) is 0 Å². The lowest BCUT2D eigenvalue weighted by molar-refractivity contribution is 0.311. The molecular formula is C12H13BrN2O. The third-order valence-electron chi connectivity index (χ3n) is 2.41. The van der Waals surface area contributed by atoms with Crippen molar-refractivity contribution in [3.63, 3.8) is 0 Å². The van der Waals surface area contributed by atoms with Gasteiger partial charge in [-0.15, -0.1) is 0 Å². The Kier molecular flexibility index (Phi) is 3.41. The molecule has 1 heterocycles. The highest BCUT2D eigenvalue weighted by atomic mass is 79.9. The quantitative estimate of drug-likeness (QED) is 0.909. The van der Waals surface area contributed by atoms with Crippen molar-refractivity contribution in [3.8, 4) is 0 Å². The smallest absolute Gasteiger partial charge is 0.0726 e. The number of anilines is 1. The first-order valence-electron chi connectivity index (χ1n) is 5.13. The second kappa shape index (κ2) is 4.80. The van der Waals surface area contributed by atoms with E-state index in [0.717, 1.165) is 26.8 Å². The molecule has 0 aliphatic rings. The van der Waals surface area contributed by atoms with Crippen LogP contribution in [0.5, 0.6) is 0 Å². The van der Waals surface area contributed by atoms with Gasteiger partial charge in [-0.3, -0.25) is 4.98 Å². The first kappa shape index (κ1) is 11.4. The fourth-order valence-electron chi connectivity index (χ4n) is 1.67. The van der Waals surface area contributed by atoms with Crippen LogP contribution in [0.25, 0.3) is 10.9 Å². The van der Waals surface area contributed by atoms with Crippen LogP contribution in [0.1, 0.15) is 5.69 Å². The van der Waals surface area contributed by atoms with Gasteiger partial charge in [0.15, 0.2) is 0 Å². The third kappa shape index (κ3) is 2.03. The maximum absolute atomic E-state index is 8.87. The van der Waals surface area contributed by atoms with Gasteiger partial charge in [0.1, 0.15) is 0 Å². The number of pyridine rings is 1. The summed E-state index contributed by atoms with van der Waals surface area (Å²) >= 11 is 3.52. The van der Waals surface area contributed by atoms with Crippen LogP contribution in [-0.4, -0.2) is 23.2 Å². The lowest BCUT2D eigenvalue weighted by atomic mass is 10.1. The van der Waals surface area contributed by atoms with E-state index in [-0.39, 0.29) is 6.61 Å². The number of aryl methyl sites for hydroxylation is 1. The topological polar surface area (TPSA) is 45.2 Å². The van der Waals surface area contributed by atoms with Crippen LogP contribution in [0.15, 0.2) is 28.7 Å². The van der Waals surface area contributed by atoms with Crippen LogP contribution in [0.3, 0.4) is 0 Å². The fourth-order valence-corrected chi connectivity index (χ4v) is 2.11. The molecule has 1 aromatic carbocycles. The van der Waals surface area contributed by atoms with Crippen molar-refractivity contribution in [3.05, 3.63) is 34.4 Å². The SMILES string of the molecule is Cc1nc2ccccc2c(NCCO)c1Br. The molecule has 0 radical (unpaired) electrons. The zero-order valence-corrected chi connectivity index (χ0v) is 10.6. The van der Waals surface area contributed by atoms with Gasteiger partial charge in [-0.1, -0.05) is 18.2 Å². The Balaban J connectivity index is 2.61. The van der Waals surface area contributed by atoms with Gasteiger partial charge in [-0.25, -0.2) is 0 Å². The molecule has 0 fully saturated rings. The number of hydrogen-bond donors (Lipinski definition) is 2. The summed E-state index contributed by atoms with van der Waals surface area (Å²) in [5.41, 5.74) is 2.90. The normalized spacial score (nSPS) is 10.7. The average molecular weight is 281 g/mol. The van der Waals surface area contributed by atoms with E-state index in [0.29, 0.717) is 6.54 Å². The van der Waals surface area contributed by atoms with Crippen LogP contribution in [0, 0.1) is 6.92 Å². The highest BCUT2D eigenvalue weighted by Gasteiger charge is 2.09. The molecular weight excluding hydrogens is 268 g/mol. The minimum Gasteiger partial charge on any atom is -0.395 e. The number of fused-ring (bicyclic) bond motifs is 1. The highest BCUT2D eigenvalue weighted by Crippen LogP contribution is 2.32. The van der Waals surface area contributed by atoms with Crippen LogP contribution < -0.4 is 5.32 Å². The predicted molar refractivity (Wildman–Crippen MR) is 69.8 cm³/mol. The van der Waals surface area contributed by atoms with Gasteiger partial charge in [-0.05, 0) is 28.9 Å². The molecule has 3 nitrogen and oxygen atoms in total. The van der Waals surface area contributed by atoms with Crippen LogP contribution in [0.4, 0.5) is 5.69 Å². The maximum Gasteiger partial charge on any atom is 0.0726 e. The molecule has 0 saturated heterocycles. The van der Waals surface area contributed by atoms with Crippen molar-refractivity contribution >= 4 is 32.5 Å². The Labute approximate surface area is 103 Å². The third-order valence-corrected chi connectivity index (χ3v) is 3.38. The van der Waals surface area contributed by atoms with Crippen LogP contribution >= 0.6 is 15.9 Å². The second-order valence-corrected chi connectivity index (χ2v) is 4.35. The number of aromatic nitrogens is 1. The molecule has 0 atom stereocenters. The lowest BCUT2D eigenvalue weighted by Gasteiger charge is -2.12. The molecule has 4 heteroatoms. The van der Waals surface area contributed by atoms with Gasteiger partial charge < -0.3 is 10.4 Å². The lowest BCUT2D eigenvalue weighted by Crippen LogP contribution is -2.07. The second-order valence-electron chi connectivity index (χ2n) is 3.55. The molecule has 2 N–H and O–H groups in total. The van der Waals surface area contributed by atoms with Gasteiger partial charge in [-0.2, -0.15) is 0 Å². The molecule has 1 aromatic heterocycles. The molecule has 0 amide bonds. The number of nitrogens with one attached hydrogen (secondary N) is 1. The summed E-state index contributed by atoms with van der Waals surface area (Å²) in [6.45, 7) is 2.61. The molecule has 0 aliphatic heterocycles. The number of para-hydroxylation sites is 1. The van der Waals surface area contributed by atoms with E-state index in [2.05, 4.69) is 26.2 Å². The van der Waals surface area contributed by atoms with Gasteiger partial charge in [0.2, 0.25) is 0 Å². The monoisotopic (exact) mass is 280 g/mol. The Morgan fingerprint density at radius 1 is 1.38 bits per heavy atom. The highest BCUT2D eigenvalue weighted by molar-refractivity contribution is 9.10. The van der Waals surface area contributed by atoms with Crippen molar-refractivity contribution in [2.45, 2.75) is 6.92 Å². The van der Waals surface area contributed by atoms with E-state index < -0.39 is 0 Å². The van der Waals surface area contributed by atoms with E-state index in [1.54, 1.807) is 0 Å². The molecule has 16 heavy (non-hydrogen) atoms. The molecule has 0 bridgehead atoms. The van der Waals surface area contributed by atoms with Crippen molar-refractivity contribution in [1.82, 2.24) is 4.98 Å². The molecule has 0 spiro atoms. The van der Waals surface area contributed by atoms with E-state index in [1.807, 2.05) is 31.2 Å². The number of benzene rings is 1. The van der Waals surface area contributed by atoms with E-state index >= 15 is 0 Å². The fraction of sp³-hybridized carbons (Fsp3) is 0.250. The largest absolute Gasteiger partial charge is 0.395 e. The minimum absolute atomic E-state index is 0.113. The van der Waals surface area contributed by atoms with Crippen molar-refractivity contribution in [1.29, 1.82) is 0 Å². The summed E-state index contributed by atoms with van der Waals surface area (Å²) in [6, 6.07) is 7.96. The van der Waals surface area contributed by atoms with E-state index in [4.69, 9.17) is 5.11 Å².